The fourth-order valence-corrected chi connectivity index (χ4v) is 3.86. The van der Waals surface area contributed by atoms with Crippen molar-refractivity contribution in [2.45, 2.75) is 17.9 Å². The van der Waals surface area contributed by atoms with Crippen LogP contribution < -0.4 is 5.73 Å². The summed E-state index contributed by atoms with van der Waals surface area (Å²) in [6.45, 7) is 1.94. The van der Waals surface area contributed by atoms with Gasteiger partial charge in [-0.05, 0) is 35.0 Å². The van der Waals surface area contributed by atoms with Crippen LogP contribution in [0, 0.1) is 0 Å². The Kier molecular flexibility index (Phi) is 7.62. The van der Waals surface area contributed by atoms with E-state index >= 15 is 0 Å². The highest BCUT2D eigenvalue weighted by atomic mass is 79.9. The molecule has 1 atom stereocenters. The number of nitrogens with zero attached hydrogens (tertiary/aromatic N) is 1. The van der Waals surface area contributed by atoms with Crippen molar-refractivity contribution in [1.82, 2.24) is 4.31 Å². The van der Waals surface area contributed by atoms with Crippen molar-refractivity contribution >= 4 is 61.6 Å². The van der Waals surface area contributed by atoms with Gasteiger partial charge in [-0.15, -0.1) is 12.4 Å². The van der Waals surface area contributed by atoms with Gasteiger partial charge in [0, 0.05) is 24.1 Å². The first-order chi connectivity index (χ1) is 8.21. The monoisotopic (exact) mass is 410 g/mol. The summed E-state index contributed by atoms with van der Waals surface area (Å²) in [4.78, 5) is 0.00300. The van der Waals surface area contributed by atoms with E-state index in [9.17, 15) is 8.42 Å². The SMILES string of the molecule is CC(CN)N(C)S(=O)(=O)c1cc(Br)c(Cl)cc1Cl.Cl. The maximum atomic E-state index is 12.3. The molecule has 0 bridgehead atoms. The second-order valence-corrected chi connectivity index (χ2v) is 7.44. The van der Waals surface area contributed by atoms with Crippen LogP contribution in [0.2, 0.25) is 10.0 Å². The van der Waals surface area contributed by atoms with Crippen LogP contribution in [0.1, 0.15) is 6.92 Å². The molecule has 0 aliphatic rings. The lowest BCUT2D eigenvalue weighted by Crippen LogP contribution is -2.39. The molecular formula is C10H14BrCl3N2O2S. The number of likely N-dealkylation sites (N-methyl/N-ethyl adjacent to an activating group) is 1. The summed E-state index contributed by atoms with van der Waals surface area (Å²) in [7, 11) is -2.22. The maximum absolute atomic E-state index is 12.3. The molecule has 0 saturated carbocycles. The summed E-state index contributed by atoms with van der Waals surface area (Å²) >= 11 is 15.0. The Morgan fingerprint density at radius 3 is 2.37 bits per heavy atom. The highest BCUT2D eigenvalue weighted by Gasteiger charge is 2.27. The second-order valence-electron chi connectivity index (χ2n) is 3.80. The van der Waals surface area contributed by atoms with Gasteiger partial charge in [-0.2, -0.15) is 4.31 Å². The molecule has 0 fully saturated rings. The third kappa shape index (κ3) is 4.20. The molecule has 1 unspecified atom stereocenters. The van der Waals surface area contributed by atoms with Crippen LogP contribution >= 0.6 is 51.5 Å². The van der Waals surface area contributed by atoms with Crippen molar-refractivity contribution in [3.8, 4) is 0 Å². The Hall–Kier alpha value is 0.440. The van der Waals surface area contributed by atoms with Crippen LogP contribution in [0.15, 0.2) is 21.5 Å². The molecule has 0 aromatic heterocycles. The molecule has 0 saturated heterocycles. The van der Waals surface area contributed by atoms with E-state index < -0.39 is 10.0 Å². The molecule has 0 aliphatic heterocycles. The van der Waals surface area contributed by atoms with Crippen LogP contribution in [-0.4, -0.2) is 32.4 Å². The highest BCUT2D eigenvalue weighted by Crippen LogP contribution is 2.33. The predicted molar refractivity (Wildman–Crippen MR) is 84.9 cm³/mol. The van der Waals surface area contributed by atoms with Gasteiger partial charge >= 0.3 is 0 Å². The Balaban J connectivity index is 0.00000324. The van der Waals surface area contributed by atoms with Crippen molar-refractivity contribution in [2.75, 3.05) is 13.6 Å². The fourth-order valence-electron chi connectivity index (χ4n) is 1.24. The Morgan fingerprint density at radius 1 is 1.37 bits per heavy atom. The maximum Gasteiger partial charge on any atom is 0.244 e. The first kappa shape index (κ1) is 19.4. The molecule has 4 nitrogen and oxygen atoms in total. The number of benzene rings is 1. The van der Waals surface area contributed by atoms with E-state index in [1.165, 1.54) is 23.5 Å². The lowest BCUT2D eigenvalue weighted by Gasteiger charge is -2.23. The van der Waals surface area contributed by atoms with E-state index in [0.29, 0.717) is 9.50 Å². The van der Waals surface area contributed by atoms with Gasteiger partial charge in [-0.25, -0.2) is 8.42 Å². The van der Waals surface area contributed by atoms with Crippen molar-refractivity contribution in [3.63, 3.8) is 0 Å². The largest absolute Gasteiger partial charge is 0.329 e. The normalized spacial score (nSPS) is 13.2. The van der Waals surface area contributed by atoms with Crippen LogP contribution in [0.25, 0.3) is 0 Å². The van der Waals surface area contributed by atoms with Crippen molar-refractivity contribution in [1.29, 1.82) is 0 Å². The minimum Gasteiger partial charge on any atom is -0.329 e. The Bertz CT molecular complexity index is 554. The van der Waals surface area contributed by atoms with Gasteiger partial charge in [0.05, 0.1) is 10.0 Å². The molecule has 0 spiro atoms. The summed E-state index contributed by atoms with van der Waals surface area (Å²) in [5.41, 5.74) is 5.47. The van der Waals surface area contributed by atoms with Crippen LogP contribution in [0.4, 0.5) is 0 Å². The van der Waals surface area contributed by atoms with E-state index in [2.05, 4.69) is 15.9 Å². The Morgan fingerprint density at radius 2 is 1.89 bits per heavy atom. The zero-order chi connectivity index (χ0) is 14.1. The lowest BCUT2D eigenvalue weighted by atomic mass is 10.3. The molecule has 1 aromatic rings. The molecule has 9 heteroatoms. The quantitative estimate of drug-likeness (QED) is 0.773. The lowest BCUT2D eigenvalue weighted by molar-refractivity contribution is 0.394. The molecule has 110 valence electrons. The zero-order valence-corrected chi connectivity index (χ0v) is 15.0. The number of sulfonamides is 1. The number of hydrogen-bond donors (Lipinski definition) is 1. The zero-order valence-electron chi connectivity index (χ0n) is 10.2. The van der Waals surface area contributed by atoms with Crippen molar-refractivity contribution in [3.05, 3.63) is 26.7 Å². The first-order valence-corrected chi connectivity index (χ1v) is 8.03. The summed E-state index contributed by atoms with van der Waals surface area (Å²) in [6, 6.07) is 2.46. The summed E-state index contributed by atoms with van der Waals surface area (Å²) in [5, 5.41) is 0.438. The van der Waals surface area contributed by atoms with Gasteiger partial charge in [-0.3, -0.25) is 0 Å². The summed E-state index contributed by atoms with van der Waals surface area (Å²) in [5.74, 6) is 0. The van der Waals surface area contributed by atoms with Gasteiger partial charge in [0.25, 0.3) is 0 Å². The van der Waals surface area contributed by atoms with Gasteiger partial charge in [0.1, 0.15) is 4.90 Å². The van der Waals surface area contributed by atoms with Gasteiger partial charge in [0.2, 0.25) is 10.0 Å². The van der Waals surface area contributed by atoms with Crippen LogP contribution in [0.5, 0.6) is 0 Å². The topological polar surface area (TPSA) is 63.4 Å². The molecule has 0 aliphatic carbocycles. The molecule has 2 N–H and O–H groups in total. The highest BCUT2D eigenvalue weighted by molar-refractivity contribution is 9.10. The molecule has 1 aromatic carbocycles. The Labute approximate surface area is 137 Å². The smallest absolute Gasteiger partial charge is 0.244 e. The molecule has 0 radical (unpaired) electrons. The molecule has 0 heterocycles. The van der Waals surface area contributed by atoms with E-state index in [1.54, 1.807) is 6.92 Å². The minimum atomic E-state index is -3.69. The van der Waals surface area contributed by atoms with Crippen molar-refractivity contribution < 1.29 is 8.42 Å². The number of hydrogen-bond acceptors (Lipinski definition) is 3. The summed E-state index contributed by atoms with van der Waals surface area (Å²) in [6.07, 6.45) is 0. The minimum absolute atomic E-state index is 0. The summed E-state index contributed by atoms with van der Waals surface area (Å²) < 4.78 is 26.3. The van der Waals surface area contributed by atoms with Gasteiger partial charge < -0.3 is 5.73 Å². The molecular weight excluding hydrogens is 398 g/mol. The van der Waals surface area contributed by atoms with E-state index in [-0.39, 0.29) is 34.9 Å². The number of halogens is 4. The van der Waals surface area contributed by atoms with E-state index in [1.807, 2.05) is 0 Å². The molecule has 1 rings (SSSR count). The molecule has 19 heavy (non-hydrogen) atoms. The van der Waals surface area contributed by atoms with E-state index in [4.69, 9.17) is 28.9 Å². The average molecular weight is 413 g/mol. The first-order valence-electron chi connectivity index (χ1n) is 5.04. The van der Waals surface area contributed by atoms with Crippen LogP contribution in [0.3, 0.4) is 0 Å². The fraction of sp³-hybridized carbons (Fsp3) is 0.400. The van der Waals surface area contributed by atoms with Gasteiger partial charge in [0.15, 0.2) is 0 Å². The number of rotatable bonds is 4. The third-order valence-corrected chi connectivity index (χ3v) is 6.23. The van der Waals surface area contributed by atoms with Crippen molar-refractivity contribution in [2.24, 2.45) is 5.73 Å². The standard InChI is InChI=1S/C10H13BrCl2N2O2S.ClH/c1-6(5-14)15(2)18(16,17)10-3-7(11)8(12)4-9(10)13;/h3-4,6H,5,14H2,1-2H3;1H. The average Bonchev–Trinajstić information content (AvgIpc) is 2.31. The predicted octanol–water partition coefficient (Wildman–Crippen LogP) is 3.15. The van der Waals surface area contributed by atoms with Gasteiger partial charge in [-0.1, -0.05) is 23.2 Å². The van der Waals surface area contributed by atoms with Crippen LogP contribution in [-0.2, 0) is 10.0 Å². The number of nitrogens with two attached hydrogens (primary N) is 1. The van der Waals surface area contributed by atoms with E-state index in [0.717, 1.165) is 0 Å². The third-order valence-electron chi connectivity index (χ3n) is 2.59. The second kappa shape index (κ2) is 7.45. The molecule has 0 amide bonds.